The molecular formula is C20H21N5O2. The molecule has 0 aliphatic carbocycles. The zero-order chi connectivity index (χ0) is 18.8. The molecule has 0 saturated heterocycles. The van der Waals surface area contributed by atoms with E-state index < -0.39 is 0 Å². The molecule has 1 aromatic carbocycles. The van der Waals surface area contributed by atoms with Crippen LogP contribution in [0.3, 0.4) is 0 Å². The van der Waals surface area contributed by atoms with Crippen molar-refractivity contribution in [1.82, 2.24) is 25.1 Å². The number of aryl methyl sites for hydroxylation is 2. The molecule has 0 spiro atoms. The molecule has 0 saturated carbocycles. The molecule has 0 fully saturated rings. The normalized spacial score (nSPS) is 11.2. The van der Waals surface area contributed by atoms with Crippen molar-refractivity contribution in [1.29, 1.82) is 0 Å². The number of para-hydroxylation sites is 2. The van der Waals surface area contributed by atoms with Gasteiger partial charge in [-0.05, 0) is 44.2 Å². The van der Waals surface area contributed by atoms with Gasteiger partial charge in [-0.25, -0.2) is 4.98 Å². The molecule has 4 rings (SSSR count). The summed E-state index contributed by atoms with van der Waals surface area (Å²) in [5.74, 6) is 2.45. The van der Waals surface area contributed by atoms with Gasteiger partial charge < -0.3 is 14.3 Å². The quantitative estimate of drug-likeness (QED) is 0.551. The highest BCUT2D eigenvalue weighted by molar-refractivity contribution is 5.92. The van der Waals surface area contributed by atoms with Crippen LogP contribution in [-0.2, 0) is 13.0 Å². The predicted octanol–water partition coefficient (Wildman–Crippen LogP) is 2.99. The van der Waals surface area contributed by atoms with Crippen molar-refractivity contribution in [2.45, 2.75) is 26.8 Å². The average Bonchev–Trinajstić information content (AvgIpc) is 3.36. The summed E-state index contributed by atoms with van der Waals surface area (Å²) in [6, 6.07) is 13.6. The Hall–Kier alpha value is -3.35. The van der Waals surface area contributed by atoms with Gasteiger partial charge in [0.25, 0.3) is 5.91 Å². The molecule has 0 radical (unpaired) electrons. The summed E-state index contributed by atoms with van der Waals surface area (Å²) in [5.41, 5.74) is 3.25. The summed E-state index contributed by atoms with van der Waals surface area (Å²) in [6.45, 7) is 4.95. The second-order valence-corrected chi connectivity index (χ2v) is 6.53. The first kappa shape index (κ1) is 17.1. The number of benzene rings is 1. The number of hydrogen-bond donors (Lipinski definition) is 2. The lowest BCUT2D eigenvalue weighted by Gasteiger charge is -2.04. The first-order chi connectivity index (χ1) is 13.1. The predicted molar refractivity (Wildman–Crippen MR) is 102 cm³/mol. The number of nitrogens with one attached hydrogen (secondary N) is 2. The number of nitrogens with zero attached hydrogens (tertiary/aromatic N) is 3. The summed E-state index contributed by atoms with van der Waals surface area (Å²) in [4.78, 5) is 16.9. The zero-order valence-corrected chi connectivity index (χ0v) is 15.3. The third-order valence-corrected chi connectivity index (χ3v) is 4.49. The van der Waals surface area contributed by atoms with Gasteiger partial charge in [-0.1, -0.05) is 12.1 Å². The number of furan rings is 1. The molecule has 0 atom stereocenters. The summed E-state index contributed by atoms with van der Waals surface area (Å²) in [6.07, 6.45) is 0.650. The van der Waals surface area contributed by atoms with Crippen LogP contribution in [0, 0.1) is 13.8 Å². The van der Waals surface area contributed by atoms with Gasteiger partial charge in [0.05, 0.1) is 23.3 Å². The number of hydrogen-bond acceptors (Lipinski definition) is 4. The minimum Gasteiger partial charge on any atom is -0.466 e. The fourth-order valence-electron chi connectivity index (χ4n) is 3.13. The number of H-pyrrole nitrogens is 1. The highest BCUT2D eigenvalue weighted by Gasteiger charge is 2.13. The Balaban J connectivity index is 1.40. The number of aromatic amines is 1. The van der Waals surface area contributed by atoms with Crippen molar-refractivity contribution in [3.8, 4) is 0 Å². The molecule has 1 amide bonds. The summed E-state index contributed by atoms with van der Waals surface area (Å²) < 4.78 is 7.60. The third-order valence-electron chi connectivity index (χ3n) is 4.49. The van der Waals surface area contributed by atoms with Gasteiger partial charge >= 0.3 is 0 Å². The third kappa shape index (κ3) is 3.62. The Kier molecular flexibility index (Phi) is 4.50. The van der Waals surface area contributed by atoms with E-state index in [-0.39, 0.29) is 5.91 Å². The number of imidazole rings is 1. The number of aromatic nitrogens is 4. The second kappa shape index (κ2) is 7.11. The SMILES string of the molecule is Cc1ccc(CCNC(=O)c2cc(Cn3c(C)nc4ccccc43)[nH]n2)o1. The number of amides is 1. The van der Waals surface area contributed by atoms with Crippen LogP contribution in [0.2, 0.25) is 0 Å². The van der Waals surface area contributed by atoms with Crippen LogP contribution in [0.4, 0.5) is 0 Å². The average molecular weight is 363 g/mol. The van der Waals surface area contributed by atoms with Crippen LogP contribution >= 0.6 is 0 Å². The van der Waals surface area contributed by atoms with Crippen molar-refractivity contribution in [2.24, 2.45) is 0 Å². The summed E-state index contributed by atoms with van der Waals surface area (Å²) >= 11 is 0. The number of carbonyl (C=O) groups is 1. The van der Waals surface area contributed by atoms with Crippen LogP contribution in [-0.4, -0.2) is 32.2 Å². The summed E-state index contributed by atoms with van der Waals surface area (Å²) in [5, 5.41) is 9.96. The molecule has 0 aliphatic rings. The Labute approximate surface area is 156 Å². The van der Waals surface area contributed by atoms with E-state index in [0.29, 0.717) is 25.2 Å². The molecule has 2 N–H and O–H groups in total. The molecule has 138 valence electrons. The molecule has 7 heteroatoms. The van der Waals surface area contributed by atoms with Crippen molar-refractivity contribution in [3.05, 3.63) is 71.2 Å². The Morgan fingerprint density at radius 1 is 1.22 bits per heavy atom. The lowest BCUT2D eigenvalue weighted by atomic mass is 10.3. The van der Waals surface area contributed by atoms with Gasteiger partial charge in [0.2, 0.25) is 0 Å². The van der Waals surface area contributed by atoms with Gasteiger partial charge in [-0.15, -0.1) is 0 Å². The zero-order valence-electron chi connectivity index (χ0n) is 15.3. The molecule has 0 aliphatic heterocycles. The number of rotatable bonds is 6. The van der Waals surface area contributed by atoms with Gasteiger partial charge in [0.15, 0.2) is 0 Å². The van der Waals surface area contributed by atoms with Gasteiger partial charge in [-0.2, -0.15) is 5.10 Å². The fourth-order valence-corrected chi connectivity index (χ4v) is 3.13. The van der Waals surface area contributed by atoms with E-state index in [1.807, 2.05) is 50.2 Å². The van der Waals surface area contributed by atoms with E-state index in [2.05, 4.69) is 25.1 Å². The van der Waals surface area contributed by atoms with Gasteiger partial charge in [0, 0.05) is 13.0 Å². The topological polar surface area (TPSA) is 88.7 Å². The molecule has 4 aromatic rings. The van der Waals surface area contributed by atoms with E-state index in [0.717, 1.165) is 34.1 Å². The Bertz CT molecular complexity index is 1090. The molecule has 0 unspecified atom stereocenters. The maximum absolute atomic E-state index is 12.3. The van der Waals surface area contributed by atoms with Crippen LogP contribution < -0.4 is 5.32 Å². The van der Waals surface area contributed by atoms with E-state index in [1.54, 1.807) is 6.07 Å². The molecular weight excluding hydrogens is 342 g/mol. The molecule has 3 aromatic heterocycles. The molecule has 27 heavy (non-hydrogen) atoms. The van der Waals surface area contributed by atoms with E-state index in [9.17, 15) is 4.79 Å². The summed E-state index contributed by atoms with van der Waals surface area (Å²) in [7, 11) is 0. The first-order valence-electron chi connectivity index (χ1n) is 8.90. The minimum atomic E-state index is -0.201. The van der Waals surface area contributed by atoms with Gasteiger partial charge in [-0.3, -0.25) is 9.89 Å². The van der Waals surface area contributed by atoms with Crippen LogP contribution in [0.25, 0.3) is 11.0 Å². The van der Waals surface area contributed by atoms with E-state index in [4.69, 9.17) is 4.42 Å². The Morgan fingerprint density at radius 2 is 2.07 bits per heavy atom. The second-order valence-electron chi connectivity index (χ2n) is 6.53. The van der Waals surface area contributed by atoms with Crippen molar-refractivity contribution in [2.75, 3.05) is 6.54 Å². The Morgan fingerprint density at radius 3 is 2.89 bits per heavy atom. The van der Waals surface area contributed by atoms with Crippen molar-refractivity contribution >= 4 is 16.9 Å². The number of carbonyl (C=O) groups excluding carboxylic acids is 1. The van der Waals surface area contributed by atoms with E-state index >= 15 is 0 Å². The minimum absolute atomic E-state index is 0.201. The molecule has 3 heterocycles. The lowest BCUT2D eigenvalue weighted by molar-refractivity contribution is 0.0948. The smallest absolute Gasteiger partial charge is 0.271 e. The van der Waals surface area contributed by atoms with E-state index in [1.165, 1.54) is 0 Å². The van der Waals surface area contributed by atoms with Crippen molar-refractivity contribution in [3.63, 3.8) is 0 Å². The highest BCUT2D eigenvalue weighted by Crippen LogP contribution is 2.17. The van der Waals surface area contributed by atoms with Gasteiger partial charge in [0.1, 0.15) is 23.0 Å². The van der Waals surface area contributed by atoms with Crippen LogP contribution in [0.1, 0.15) is 33.5 Å². The fraction of sp³-hybridized carbons (Fsp3) is 0.250. The monoisotopic (exact) mass is 363 g/mol. The maximum Gasteiger partial charge on any atom is 0.271 e. The first-order valence-corrected chi connectivity index (χ1v) is 8.90. The van der Waals surface area contributed by atoms with Crippen LogP contribution in [0.5, 0.6) is 0 Å². The lowest BCUT2D eigenvalue weighted by Crippen LogP contribution is -2.25. The van der Waals surface area contributed by atoms with Crippen LogP contribution in [0.15, 0.2) is 46.9 Å². The number of fused-ring (bicyclic) bond motifs is 1. The standard InChI is InChI=1S/C20H21N5O2/c1-13-7-8-16(27-13)9-10-21-20(26)18-11-15(23-24-18)12-25-14(2)22-17-5-3-4-6-19(17)25/h3-8,11H,9-10,12H2,1-2H3,(H,21,26)(H,23,24). The van der Waals surface area contributed by atoms with Crippen molar-refractivity contribution < 1.29 is 9.21 Å². The highest BCUT2D eigenvalue weighted by atomic mass is 16.3. The molecule has 7 nitrogen and oxygen atoms in total. The largest absolute Gasteiger partial charge is 0.466 e. The molecule has 0 bridgehead atoms. The maximum atomic E-state index is 12.3.